The molecule has 0 aliphatic heterocycles. The highest BCUT2D eigenvalue weighted by atomic mass is 16.5. The molecular formula is C25H21NO4. The van der Waals surface area contributed by atoms with Crippen LogP contribution in [0.25, 0.3) is 17.2 Å². The number of fused-ring (bicyclic) bond motifs is 3. The van der Waals surface area contributed by atoms with Crippen LogP contribution in [0, 0.1) is 0 Å². The maximum atomic E-state index is 12.1. The molecule has 0 radical (unpaired) electrons. The summed E-state index contributed by atoms with van der Waals surface area (Å²) in [4.78, 5) is 23.0. The average molecular weight is 399 g/mol. The molecule has 0 fully saturated rings. The molecule has 1 aliphatic rings. The normalized spacial score (nSPS) is 12.4. The van der Waals surface area contributed by atoms with Crippen LogP contribution in [0.5, 0.6) is 5.75 Å². The van der Waals surface area contributed by atoms with Crippen LogP contribution in [-0.4, -0.2) is 30.6 Å². The zero-order chi connectivity index (χ0) is 20.9. The summed E-state index contributed by atoms with van der Waals surface area (Å²) in [5.74, 6) is -0.0633. The van der Waals surface area contributed by atoms with Crippen molar-refractivity contribution in [1.29, 1.82) is 0 Å². The van der Waals surface area contributed by atoms with Crippen LogP contribution in [0.4, 0.5) is 4.79 Å². The monoisotopic (exact) mass is 399 g/mol. The van der Waals surface area contributed by atoms with E-state index in [9.17, 15) is 14.7 Å². The van der Waals surface area contributed by atoms with Gasteiger partial charge in [-0.1, -0.05) is 72.8 Å². The summed E-state index contributed by atoms with van der Waals surface area (Å²) in [6.45, 7) is 0.493. The predicted octanol–water partition coefficient (Wildman–Crippen LogP) is 4.76. The summed E-state index contributed by atoms with van der Waals surface area (Å²) >= 11 is 0. The van der Waals surface area contributed by atoms with E-state index in [-0.39, 0.29) is 30.4 Å². The Morgan fingerprint density at radius 3 is 2.23 bits per heavy atom. The van der Waals surface area contributed by atoms with Gasteiger partial charge in [0.2, 0.25) is 0 Å². The van der Waals surface area contributed by atoms with Gasteiger partial charge in [-0.15, -0.1) is 0 Å². The van der Waals surface area contributed by atoms with E-state index in [0.717, 1.165) is 11.1 Å². The van der Waals surface area contributed by atoms with Crippen LogP contribution in [0.3, 0.4) is 0 Å². The standard InChI is InChI=1S/C25H21NO4/c27-15-18-8-5-7-17(24(18)28)9-6-14-26-25(29)30-16-23-21-12-3-1-10-19(21)20-11-2-4-13-22(20)23/h1-13,15,23,28H,14,16H2,(H,26,29). The smallest absolute Gasteiger partial charge is 0.407 e. The maximum absolute atomic E-state index is 12.1. The maximum Gasteiger partial charge on any atom is 0.407 e. The summed E-state index contributed by atoms with van der Waals surface area (Å²) in [5, 5.41) is 12.6. The van der Waals surface area contributed by atoms with Crippen molar-refractivity contribution in [2.45, 2.75) is 5.92 Å². The van der Waals surface area contributed by atoms with Crippen LogP contribution in [0.2, 0.25) is 0 Å². The highest BCUT2D eigenvalue weighted by Crippen LogP contribution is 2.44. The molecule has 0 atom stereocenters. The number of ether oxygens (including phenoxy) is 1. The number of alkyl carbamates (subject to hydrolysis) is 1. The van der Waals surface area contributed by atoms with Crippen LogP contribution in [0.15, 0.2) is 72.8 Å². The molecule has 5 heteroatoms. The largest absolute Gasteiger partial charge is 0.507 e. The van der Waals surface area contributed by atoms with Gasteiger partial charge in [-0.2, -0.15) is 0 Å². The Labute approximate surface area is 174 Å². The Bertz CT molecular complexity index is 1070. The number of benzene rings is 3. The van der Waals surface area contributed by atoms with E-state index in [1.165, 1.54) is 17.2 Å². The van der Waals surface area contributed by atoms with E-state index < -0.39 is 6.09 Å². The van der Waals surface area contributed by atoms with E-state index >= 15 is 0 Å². The van der Waals surface area contributed by atoms with Crippen LogP contribution in [-0.2, 0) is 4.74 Å². The first-order chi connectivity index (χ1) is 14.7. The second-order valence-electron chi connectivity index (χ2n) is 7.01. The fourth-order valence-electron chi connectivity index (χ4n) is 3.79. The van der Waals surface area contributed by atoms with E-state index in [1.807, 2.05) is 24.3 Å². The molecule has 2 N–H and O–H groups in total. The summed E-state index contributed by atoms with van der Waals surface area (Å²) in [5.41, 5.74) is 5.43. The van der Waals surface area contributed by atoms with Gasteiger partial charge in [0.1, 0.15) is 12.4 Å². The second-order valence-corrected chi connectivity index (χ2v) is 7.01. The molecule has 30 heavy (non-hydrogen) atoms. The minimum atomic E-state index is -0.507. The average Bonchev–Trinajstić information content (AvgIpc) is 3.10. The van der Waals surface area contributed by atoms with Crippen LogP contribution in [0.1, 0.15) is 33.0 Å². The number of phenols is 1. The van der Waals surface area contributed by atoms with Crippen molar-refractivity contribution < 1.29 is 19.4 Å². The molecule has 150 valence electrons. The first-order valence-electron chi connectivity index (χ1n) is 9.71. The molecular weight excluding hydrogens is 378 g/mol. The van der Waals surface area contributed by atoms with Gasteiger partial charge in [0, 0.05) is 18.0 Å². The number of nitrogens with one attached hydrogen (secondary N) is 1. The summed E-state index contributed by atoms with van der Waals surface area (Å²) < 4.78 is 5.47. The zero-order valence-electron chi connectivity index (χ0n) is 16.2. The zero-order valence-corrected chi connectivity index (χ0v) is 16.2. The lowest BCUT2D eigenvalue weighted by Gasteiger charge is -2.14. The molecule has 1 amide bonds. The molecule has 0 bridgehead atoms. The van der Waals surface area contributed by atoms with Gasteiger partial charge in [0.15, 0.2) is 6.29 Å². The SMILES string of the molecule is O=Cc1cccc(C=CCNC(=O)OCC2c3ccccc3-c3ccccc32)c1O. The summed E-state index contributed by atoms with van der Waals surface area (Å²) in [7, 11) is 0. The van der Waals surface area contributed by atoms with Crippen molar-refractivity contribution in [2.24, 2.45) is 0 Å². The van der Waals surface area contributed by atoms with Crippen molar-refractivity contribution in [3.8, 4) is 16.9 Å². The summed E-state index contributed by atoms with van der Waals surface area (Å²) in [6.07, 6.45) is 3.42. The second kappa shape index (κ2) is 8.66. The quantitative estimate of drug-likeness (QED) is 0.586. The van der Waals surface area contributed by atoms with Gasteiger partial charge in [-0.05, 0) is 28.3 Å². The Morgan fingerprint density at radius 1 is 0.933 bits per heavy atom. The third-order valence-electron chi connectivity index (χ3n) is 5.23. The number of carbonyl (C=O) groups excluding carboxylic acids is 2. The van der Waals surface area contributed by atoms with Gasteiger partial charge >= 0.3 is 6.09 Å². The lowest BCUT2D eigenvalue weighted by Crippen LogP contribution is -2.26. The van der Waals surface area contributed by atoms with Crippen molar-refractivity contribution in [2.75, 3.05) is 13.2 Å². The third-order valence-corrected chi connectivity index (χ3v) is 5.23. The first kappa shape index (κ1) is 19.5. The number of rotatable bonds is 6. The molecule has 0 heterocycles. The molecule has 3 aromatic rings. The Morgan fingerprint density at radius 2 is 1.57 bits per heavy atom. The molecule has 0 saturated carbocycles. The van der Waals surface area contributed by atoms with Gasteiger partial charge in [0.25, 0.3) is 0 Å². The lowest BCUT2D eigenvalue weighted by molar-refractivity contribution is 0.112. The highest BCUT2D eigenvalue weighted by Gasteiger charge is 2.28. The molecule has 0 saturated heterocycles. The molecule has 4 rings (SSSR count). The van der Waals surface area contributed by atoms with E-state index in [2.05, 4.69) is 29.6 Å². The number of aromatic hydroxyl groups is 1. The Kier molecular flexibility index (Phi) is 5.61. The van der Waals surface area contributed by atoms with Gasteiger partial charge in [-0.25, -0.2) is 4.79 Å². The fraction of sp³-hybridized carbons (Fsp3) is 0.120. The minimum Gasteiger partial charge on any atom is -0.507 e. The van der Waals surface area contributed by atoms with Crippen LogP contribution < -0.4 is 5.32 Å². The van der Waals surface area contributed by atoms with Crippen molar-refractivity contribution in [1.82, 2.24) is 5.32 Å². The van der Waals surface area contributed by atoms with Gasteiger partial charge < -0.3 is 15.2 Å². The minimum absolute atomic E-state index is 0.0155. The van der Waals surface area contributed by atoms with Gasteiger partial charge in [0.05, 0.1) is 5.56 Å². The van der Waals surface area contributed by atoms with Crippen molar-refractivity contribution >= 4 is 18.5 Å². The number of amides is 1. The molecule has 0 spiro atoms. The number of hydrogen-bond acceptors (Lipinski definition) is 4. The van der Waals surface area contributed by atoms with E-state index in [0.29, 0.717) is 11.8 Å². The number of aldehydes is 1. The highest BCUT2D eigenvalue weighted by molar-refractivity contribution is 5.82. The number of para-hydroxylation sites is 1. The number of phenolic OH excluding ortho intramolecular Hbond substituents is 1. The third kappa shape index (κ3) is 3.82. The van der Waals surface area contributed by atoms with Crippen molar-refractivity contribution in [3.05, 3.63) is 95.1 Å². The molecule has 3 aromatic carbocycles. The van der Waals surface area contributed by atoms with E-state index in [4.69, 9.17) is 4.74 Å². The van der Waals surface area contributed by atoms with E-state index in [1.54, 1.807) is 24.3 Å². The fourth-order valence-corrected chi connectivity index (χ4v) is 3.79. The summed E-state index contributed by atoms with van der Waals surface area (Å²) in [6, 6.07) is 21.3. The molecule has 0 aromatic heterocycles. The van der Waals surface area contributed by atoms with Crippen molar-refractivity contribution in [3.63, 3.8) is 0 Å². The topological polar surface area (TPSA) is 75.6 Å². The molecule has 0 unspecified atom stereocenters. The molecule has 1 aliphatic carbocycles. The lowest BCUT2D eigenvalue weighted by atomic mass is 9.98. The van der Waals surface area contributed by atoms with Crippen LogP contribution >= 0.6 is 0 Å². The number of carbonyl (C=O) groups is 2. The molecule has 5 nitrogen and oxygen atoms in total. The Balaban J connectivity index is 1.34. The van der Waals surface area contributed by atoms with Gasteiger partial charge in [-0.3, -0.25) is 4.79 Å². The predicted molar refractivity (Wildman–Crippen MR) is 116 cm³/mol. The first-order valence-corrected chi connectivity index (χ1v) is 9.71. The number of hydrogen-bond donors (Lipinski definition) is 2. The Hall–Kier alpha value is -3.86.